The van der Waals surface area contributed by atoms with Crippen LogP contribution in [0.15, 0.2) is 42.0 Å². The van der Waals surface area contributed by atoms with Gasteiger partial charge in [0.2, 0.25) is 0 Å². The predicted octanol–water partition coefficient (Wildman–Crippen LogP) is 3.67. The van der Waals surface area contributed by atoms with Crippen molar-refractivity contribution in [2.75, 3.05) is 13.7 Å². The Kier molecular flexibility index (Phi) is 5.50. The first-order valence-electron chi connectivity index (χ1n) is 11.5. The summed E-state index contributed by atoms with van der Waals surface area (Å²) in [5, 5.41) is 0. The van der Waals surface area contributed by atoms with E-state index in [9.17, 15) is 9.59 Å². The number of nitrogens with zero attached hydrogens (tertiary/aromatic N) is 1. The Morgan fingerprint density at radius 1 is 1.16 bits per heavy atom. The summed E-state index contributed by atoms with van der Waals surface area (Å²) in [4.78, 5) is 27.5. The van der Waals surface area contributed by atoms with Crippen LogP contribution in [0.3, 0.4) is 0 Å². The van der Waals surface area contributed by atoms with Gasteiger partial charge in [-0.05, 0) is 56.4 Å². The van der Waals surface area contributed by atoms with Crippen LogP contribution in [0.25, 0.3) is 0 Å². The van der Waals surface area contributed by atoms with Crippen molar-refractivity contribution in [2.45, 2.75) is 63.8 Å². The molecule has 0 bridgehead atoms. The van der Waals surface area contributed by atoms with Crippen LogP contribution in [0.2, 0.25) is 0 Å². The number of carbonyl (C=O) groups excluding carboxylic acids is 2. The Morgan fingerprint density at radius 3 is 2.69 bits per heavy atom. The van der Waals surface area contributed by atoms with E-state index in [1.807, 2.05) is 55.2 Å². The van der Waals surface area contributed by atoms with Gasteiger partial charge in [0.15, 0.2) is 5.79 Å². The average Bonchev–Trinajstić information content (AvgIpc) is 3.52. The van der Waals surface area contributed by atoms with Crippen LogP contribution in [0, 0.1) is 17.8 Å². The molecule has 2 saturated heterocycles. The van der Waals surface area contributed by atoms with Crippen LogP contribution < -0.4 is 0 Å². The van der Waals surface area contributed by atoms with Crippen LogP contribution in [0.1, 0.15) is 38.7 Å². The number of benzene rings is 1. The normalized spacial score (nSPS) is 34.7. The van der Waals surface area contributed by atoms with Crippen LogP contribution >= 0.6 is 0 Å². The van der Waals surface area contributed by atoms with Crippen LogP contribution in [-0.4, -0.2) is 54.7 Å². The fraction of sp³-hybridized carbons (Fsp3) is 0.600. The van der Waals surface area contributed by atoms with Gasteiger partial charge in [0, 0.05) is 12.1 Å². The highest BCUT2D eigenvalue weighted by atomic mass is 16.8. The third-order valence-corrected chi connectivity index (χ3v) is 7.44. The number of hydrogen-bond acceptors (Lipinski definition) is 6. The lowest BCUT2D eigenvalue weighted by Gasteiger charge is -2.29. The molecule has 1 aromatic rings. The van der Waals surface area contributed by atoms with Crippen molar-refractivity contribution in [1.82, 2.24) is 4.90 Å². The van der Waals surface area contributed by atoms with Crippen molar-refractivity contribution in [1.29, 1.82) is 0 Å². The maximum absolute atomic E-state index is 13.2. The largest absolute Gasteiger partial charge is 0.466 e. The van der Waals surface area contributed by atoms with E-state index in [-0.39, 0.29) is 54.7 Å². The van der Waals surface area contributed by atoms with Crippen LogP contribution in [0.5, 0.6) is 0 Å². The summed E-state index contributed by atoms with van der Waals surface area (Å²) in [6.07, 6.45) is 3.99. The van der Waals surface area contributed by atoms with Gasteiger partial charge < -0.3 is 23.8 Å². The molecule has 0 radical (unpaired) electrons. The Bertz CT molecular complexity index is 912. The van der Waals surface area contributed by atoms with Crippen molar-refractivity contribution in [3.8, 4) is 0 Å². The molecule has 2 aliphatic heterocycles. The topological polar surface area (TPSA) is 74.3 Å². The number of ether oxygens (including phenoxy) is 4. The van der Waals surface area contributed by atoms with E-state index in [0.29, 0.717) is 6.54 Å². The number of carbonyl (C=O) groups is 2. The molecule has 2 heterocycles. The summed E-state index contributed by atoms with van der Waals surface area (Å²) in [7, 11) is 1.42. The van der Waals surface area contributed by atoms with E-state index >= 15 is 0 Å². The maximum atomic E-state index is 13.2. The highest BCUT2D eigenvalue weighted by Crippen LogP contribution is 2.53. The molecule has 0 spiro atoms. The van der Waals surface area contributed by atoms with Crippen LogP contribution in [-0.2, 0) is 30.3 Å². The second-order valence-electron chi connectivity index (χ2n) is 9.72. The Balaban J connectivity index is 1.38. The number of methoxy groups -OCH3 is 1. The van der Waals surface area contributed by atoms with E-state index in [1.54, 1.807) is 0 Å². The van der Waals surface area contributed by atoms with Gasteiger partial charge >= 0.3 is 12.1 Å². The second kappa shape index (κ2) is 8.19. The lowest BCUT2D eigenvalue weighted by atomic mass is 9.78. The van der Waals surface area contributed by atoms with E-state index < -0.39 is 5.79 Å². The minimum atomic E-state index is -0.664. The monoisotopic (exact) mass is 441 g/mol. The number of hydrogen-bond donors (Lipinski definition) is 0. The summed E-state index contributed by atoms with van der Waals surface area (Å²) < 4.78 is 23.2. The molecule has 1 amide bonds. The van der Waals surface area contributed by atoms with Gasteiger partial charge in [-0.3, -0.25) is 0 Å². The minimum Gasteiger partial charge on any atom is -0.466 e. The summed E-state index contributed by atoms with van der Waals surface area (Å²) in [6.45, 7) is 4.61. The first-order chi connectivity index (χ1) is 15.4. The molecule has 7 heteroatoms. The van der Waals surface area contributed by atoms with Crippen molar-refractivity contribution in [3.63, 3.8) is 0 Å². The molecule has 1 unspecified atom stereocenters. The first kappa shape index (κ1) is 21.5. The first-order valence-corrected chi connectivity index (χ1v) is 11.5. The molecule has 7 nitrogen and oxygen atoms in total. The van der Waals surface area contributed by atoms with Crippen molar-refractivity contribution in [2.24, 2.45) is 17.8 Å². The van der Waals surface area contributed by atoms with Crippen LogP contribution in [0.4, 0.5) is 4.79 Å². The van der Waals surface area contributed by atoms with Gasteiger partial charge in [0.1, 0.15) is 12.7 Å². The molecule has 2 aliphatic carbocycles. The Hall–Kier alpha value is -2.38. The Labute approximate surface area is 188 Å². The Morgan fingerprint density at radius 2 is 1.94 bits per heavy atom. The molecule has 6 atom stereocenters. The van der Waals surface area contributed by atoms with E-state index in [2.05, 4.69) is 0 Å². The fourth-order valence-electron chi connectivity index (χ4n) is 6.25. The van der Waals surface area contributed by atoms with Gasteiger partial charge in [-0.1, -0.05) is 36.4 Å². The average molecular weight is 442 g/mol. The van der Waals surface area contributed by atoms with Gasteiger partial charge in [0.25, 0.3) is 0 Å². The number of likely N-dealkylation sites (tertiary alicyclic amines) is 1. The summed E-state index contributed by atoms with van der Waals surface area (Å²) in [5.74, 6) is -0.503. The van der Waals surface area contributed by atoms with E-state index in [1.165, 1.54) is 7.11 Å². The van der Waals surface area contributed by atoms with E-state index in [4.69, 9.17) is 18.9 Å². The quantitative estimate of drug-likeness (QED) is 0.664. The molecular weight excluding hydrogens is 410 g/mol. The lowest BCUT2D eigenvalue weighted by Crippen LogP contribution is -2.45. The van der Waals surface area contributed by atoms with Gasteiger partial charge in [-0.2, -0.15) is 0 Å². The molecule has 32 heavy (non-hydrogen) atoms. The zero-order chi connectivity index (χ0) is 22.5. The molecule has 5 rings (SSSR count). The molecule has 172 valence electrons. The maximum Gasteiger partial charge on any atom is 0.410 e. The van der Waals surface area contributed by atoms with Gasteiger partial charge in [-0.15, -0.1) is 0 Å². The predicted molar refractivity (Wildman–Crippen MR) is 115 cm³/mol. The van der Waals surface area contributed by atoms with Gasteiger partial charge in [-0.25, -0.2) is 9.59 Å². The van der Waals surface area contributed by atoms with Crippen molar-refractivity contribution >= 4 is 12.1 Å². The molecule has 0 aromatic heterocycles. The third-order valence-electron chi connectivity index (χ3n) is 7.44. The molecule has 1 saturated carbocycles. The SMILES string of the molecule is COC(=O)C1=CCCC1[C@H]1CN(C(=O)OCc2ccccc2)[C@@H]2[C@H]1C[C@H]1OC(C)(C)O[C@@H]21. The molecule has 0 N–H and O–H groups in total. The number of fused-ring (bicyclic) bond motifs is 3. The number of allylic oxidation sites excluding steroid dienone is 1. The second-order valence-corrected chi connectivity index (χ2v) is 9.72. The highest BCUT2D eigenvalue weighted by Gasteiger charge is 2.62. The third kappa shape index (κ3) is 3.71. The highest BCUT2D eigenvalue weighted by molar-refractivity contribution is 5.89. The van der Waals surface area contributed by atoms with E-state index in [0.717, 1.165) is 30.4 Å². The zero-order valence-corrected chi connectivity index (χ0v) is 18.9. The smallest absolute Gasteiger partial charge is 0.410 e. The fourth-order valence-corrected chi connectivity index (χ4v) is 6.25. The summed E-state index contributed by atoms with van der Waals surface area (Å²) >= 11 is 0. The number of esters is 1. The van der Waals surface area contributed by atoms with Crippen molar-refractivity contribution in [3.05, 3.63) is 47.5 Å². The number of rotatable bonds is 4. The summed E-state index contributed by atoms with van der Waals surface area (Å²) in [5.41, 5.74) is 1.70. The summed E-state index contributed by atoms with van der Waals surface area (Å²) in [6, 6.07) is 9.56. The molecule has 4 aliphatic rings. The standard InChI is InChI=1S/C25H31NO6/c1-25(2)31-20-12-18-19(16-10-7-11-17(16)23(27)29-3)13-26(21(18)22(20)32-25)24(28)30-14-15-8-5-4-6-9-15/h4-6,8-9,11,16,18-22H,7,10,12-14H2,1-3H3/t16?,18-,19+,20+,21+,22+/m0/s1. The van der Waals surface area contributed by atoms with Crippen molar-refractivity contribution < 1.29 is 28.5 Å². The molecule has 1 aromatic carbocycles. The minimum absolute atomic E-state index is 0.0563. The molecular formula is C25H31NO6. The molecule has 3 fully saturated rings. The number of amides is 1. The van der Waals surface area contributed by atoms with Gasteiger partial charge in [0.05, 0.1) is 19.3 Å². The zero-order valence-electron chi connectivity index (χ0n) is 18.9. The lowest BCUT2D eigenvalue weighted by molar-refractivity contribution is -0.159.